The third kappa shape index (κ3) is 2.84. The third-order valence-electron chi connectivity index (χ3n) is 3.31. The Balaban J connectivity index is 2.19. The molecule has 2 heterocycles. The second-order valence-corrected chi connectivity index (χ2v) is 5.51. The van der Waals surface area contributed by atoms with Crippen molar-refractivity contribution >= 4 is 28.8 Å². The van der Waals surface area contributed by atoms with Crippen LogP contribution >= 0.6 is 23.2 Å². The molecule has 0 aliphatic rings. The molecule has 8 heteroatoms. The van der Waals surface area contributed by atoms with Gasteiger partial charge in [-0.1, -0.05) is 23.2 Å². The van der Waals surface area contributed by atoms with E-state index in [1.165, 1.54) is 7.11 Å². The lowest BCUT2D eigenvalue weighted by Gasteiger charge is -2.08. The minimum atomic E-state index is -4.52. The van der Waals surface area contributed by atoms with Crippen molar-refractivity contribution in [3.8, 4) is 17.0 Å². The smallest absolute Gasteiger partial charge is 0.417 e. The van der Waals surface area contributed by atoms with E-state index < -0.39 is 11.7 Å². The summed E-state index contributed by atoms with van der Waals surface area (Å²) in [5.74, 6) is 0.644. The predicted molar refractivity (Wildman–Crippen MR) is 82.2 cm³/mol. The molecule has 0 atom stereocenters. The highest BCUT2D eigenvalue weighted by molar-refractivity contribution is 6.35. The van der Waals surface area contributed by atoms with E-state index in [1.807, 2.05) is 0 Å². The normalized spacial score (nSPS) is 11.9. The summed E-state index contributed by atoms with van der Waals surface area (Å²) < 4.78 is 44.9. The molecule has 3 aromatic rings. The minimum absolute atomic E-state index is 0.0539. The Hall–Kier alpha value is -1.92. The zero-order valence-electron chi connectivity index (χ0n) is 11.7. The van der Waals surface area contributed by atoms with E-state index in [0.717, 1.165) is 16.7 Å². The molecule has 0 unspecified atom stereocenters. The lowest BCUT2D eigenvalue weighted by Crippen LogP contribution is -2.06. The highest BCUT2D eigenvalue weighted by Crippen LogP contribution is 2.36. The number of fused-ring (bicyclic) bond motifs is 1. The Bertz CT molecular complexity index is 873. The number of hydrogen-bond acceptors (Lipinski definition) is 2. The van der Waals surface area contributed by atoms with Gasteiger partial charge in [0.15, 0.2) is 5.65 Å². The molecule has 2 aromatic heterocycles. The van der Waals surface area contributed by atoms with Crippen LogP contribution in [0, 0.1) is 0 Å². The van der Waals surface area contributed by atoms with E-state index in [-0.39, 0.29) is 15.8 Å². The third-order valence-corrected chi connectivity index (χ3v) is 3.95. The van der Waals surface area contributed by atoms with Gasteiger partial charge in [0.2, 0.25) is 0 Å². The van der Waals surface area contributed by atoms with Crippen molar-refractivity contribution in [2.75, 3.05) is 7.11 Å². The summed E-state index contributed by atoms with van der Waals surface area (Å²) in [6, 6.07) is 7.67. The Kier molecular flexibility index (Phi) is 3.90. The molecule has 0 N–H and O–H groups in total. The largest absolute Gasteiger partial charge is 0.497 e. The highest BCUT2D eigenvalue weighted by atomic mass is 35.5. The molecule has 0 fully saturated rings. The summed E-state index contributed by atoms with van der Waals surface area (Å²) in [5.41, 5.74) is 0.255. The molecule has 0 bridgehead atoms. The van der Waals surface area contributed by atoms with Gasteiger partial charge in [-0.25, -0.2) is 4.98 Å². The summed E-state index contributed by atoms with van der Waals surface area (Å²) in [6.07, 6.45) is -3.64. The van der Waals surface area contributed by atoms with Gasteiger partial charge in [0.05, 0.1) is 17.7 Å². The van der Waals surface area contributed by atoms with Crippen LogP contribution < -0.4 is 4.74 Å². The Labute approximate surface area is 139 Å². The molecule has 0 aliphatic carbocycles. The van der Waals surface area contributed by atoms with Crippen LogP contribution in [0.4, 0.5) is 13.2 Å². The molecule has 1 aromatic carbocycles. The second kappa shape index (κ2) is 5.62. The van der Waals surface area contributed by atoms with E-state index in [9.17, 15) is 13.2 Å². The van der Waals surface area contributed by atoms with Crippen molar-refractivity contribution in [3.63, 3.8) is 0 Å². The standard InChI is InChI=1S/C15H9Cl2F3N2O/c1-23-10-4-2-8(3-5-10)12-13(17)22-7-9(15(18,19)20)6-11(16)14(22)21-12/h2-7H,1H3. The number of halogens is 5. The van der Waals surface area contributed by atoms with E-state index in [1.54, 1.807) is 24.3 Å². The molecular weight excluding hydrogens is 352 g/mol. The van der Waals surface area contributed by atoms with Gasteiger partial charge in [-0.05, 0) is 30.3 Å². The maximum absolute atomic E-state index is 12.9. The quantitative estimate of drug-likeness (QED) is 0.616. The summed E-state index contributed by atoms with van der Waals surface area (Å²) >= 11 is 12.1. The first kappa shape index (κ1) is 16.0. The van der Waals surface area contributed by atoms with Gasteiger partial charge >= 0.3 is 6.18 Å². The number of alkyl halides is 3. The minimum Gasteiger partial charge on any atom is -0.497 e. The molecule has 0 spiro atoms. The van der Waals surface area contributed by atoms with Crippen molar-refractivity contribution in [2.24, 2.45) is 0 Å². The Morgan fingerprint density at radius 2 is 1.78 bits per heavy atom. The van der Waals surface area contributed by atoms with Gasteiger partial charge in [0.25, 0.3) is 0 Å². The number of rotatable bonds is 2. The molecule has 23 heavy (non-hydrogen) atoms. The van der Waals surface area contributed by atoms with Crippen molar-refractivity contribution in [1.82, 2.24) is 9.38 Å². The average Bonchev–Trinajstić information content (AvgIpc) is 2.84. The number of aromatic nitrogens is 2. The molecule has 120 valence electrons. The van der Waals surface area contributed by atoms with E-state index in [2.05, 4.69) is 4.98 Å². The van der Waals surface area contributed by atoms with Crippen LogP contribution in [0.3, 0.4) is 0 Å². The number of ether oxygens (including phenoxy) is 1. The lowest BCUT2D eigenvalue weighted by atomic mass is 10.1. The summed E-state index contributed by atoms with van der Waals surface area (Å²) in [7, 11) is 1.53. The first-order valence-corrected chi connectivity index (χ1v) is 7.15. The monoisotopic (exact) mass is 360 g/mol. The van der Waals surface area contributed by atoms with Crippen molar-refractivity contribution < 1.29 is 17.9 Å². The number of nitrogens with zero attached hydrogens (tertiary/aromatic N) is 2. The number of benzene rings is 1. The van der Waals surface area contributed by atoms with Crippen molar-refractivity contribution in [2.45, 2.75) is 6.18 Å². The van der Waals surface area contributed by atoms with Crippen LogP contribution in [0.15, 0.2) is 36.5 Å². The molecule has 0 aliphatic heterocycles. The summed E-state index contributed by atoms with van der Waals surface area (Å²) in [4.78, 5) is 4.25. The molecule has 0 radical (unpaired) electrons. The van der Waals surface area contributed by atoms with Crippen LogP contribution in [-0.2, 0) is 6.18 Å². The fourth-order valence-corrected chi connectivity index (χ4v) is 2.70. The molecule has 0 amide bonds. The van der Waals surface area contributed by atoms with Crippen LogP contribution in [0.5, 0.6) is 5.75 Å². The fourth-order valence-electron chi connectivity index (χ4n) is 2.16. The zero-order valence-corrected chi connectivity index (χ0v) is 13.2. The molecule has 0 saturated carbocycles. The van der Waals surface area contributed by atoms with E-state index in [4.69, 9.17) is 27.9 Å². The van der Waals surface area contributed by atoms with E-state index >= 15 is 0 Å². The van der Waals surface area contributed by atoms with Crippen molar-refractivity contribution in [1.29, 1.82) is 0 Å². The Morgan fingerprint density at radius 3 is 2.35 bits per heavy atom. The van der Waals surface area contributed by atoms with Gasteiger partial charge < -0.3 is 4.74 Å². The lowest BCUT2D eigenvalue weighted by molar-refractivity contribution is -0.137. The van der Waals surface area contributed by atoms with Gasteiger partial charge in [0.1, 0.15) is 16.6 Å². The van der Waals surface area contributed by atoms with Gasteiger partial charge in [-0.15, -0.1) is 0 Å². The number of pyridine rings is 1. The topological polar surface area (TPSA) is 26.5 Å². The zero-order chi connectivity index (χ0) is 16.8. The molecule has 3 nitrogen and oxygen atoms in total. The van der Waals surface area contributed by atoms with Crippen molar-refractivity contribution in [3.05, 3.63) is 52.3 Å². The second-order valence-electron chi connectivity index (χ2n) is 4.75. The molecule has 0 saturated heterocycles. The SMILES string of the molecule is COc1ccc(-c2nc3c(Cl)cc(C(F)(F)F)cn3c2Cl)cc1. The van der Waals surface area contributed by atoms with Crippen LogP contribution in [-0.4, -0.2) is 16.5 Å². The first-order valence-electron chi connectivity index (χ1n) is 6.40. The fraction of sp³-hybridized carbons (Fsp3) is 0.133. The van der Waals surface area contributed by atoms with Crippen LogP contribution in [0.2, 0.25) is 10.2 Å². The number of imidazole rings is 1. The van der Waals surface area contributed by atoms with Crippen LogP contribution in [0.25, 0.3) is 16.9 Å². The Morgan fingerprint density at radius 1 is 1.13 bits per heavy atom. The van der Waals surface area contributed by atoms with Gasteiger partial charge in [-0.3, -0.25) is 4.40 Å². The summed E-state index contributed by atoms with van der Waals surface area (Å²) in [5, 5.41) is -0.0698. The highest BCUT2D eigenvalue weighted by Gasteiger charge is 2.32. The van der Waals surface area contributed by atoms with Gasteiger partial charge in [-0.2, -0.15) is 13.2 Å². The van der Waals surface area contributed by atoms with Gasteiger partial charge in [0, 0.05) is 11.8 Å². The summed E-state index contributed by atoms with van der Waals surface area (Å²) in [6.45, 7) is 0. The average molecular weight is 361 g/mol. The maximum atomic E-state index is 12.9. The van der Waals surface area contributed by atoms with Crippen LogP contribution in [0.1, 0.15) is 5.56 Å². The number of methoxy groups -OCH3 is 1. The number of hydrogen-bond donors (Lipinski definition) is 0. The molecular formula is C15H9Cl2F3N2O. The maximum Gasteiger partial charge on any atom is 0.417 e. The predicted octanol–water partition coefficient (Wildman–Crippen LogP) is 5.34. The van der Waals surface area contributed by atoms with E-state index in [0.29, 0.717) is 17.0 Å². The first-order chi connectivity index (χ1) is 10.8. The molecule has 3 rings (SSSR count).